The van der Waals surface area contributed by atoms with E-state index >= 15 is 0 Å². The molecule has 0 aromatic rings. The molecule has 0 aromatic heterocycles. The summed E-state index contributed by atoms with van der Waals surface area (Å²) >= 11 is 0. The van der Waals surface area contributed by atoms with E-state index in [4.69, 9.17) is 5.11 Å². The third-order valence-corrected chi connectivity index (χ3v) is 3.31. The topological polar surface area (TPSA) is 37.3 Å². The van der Waals surface area contributed by atoms with Crippen LogP contribution in [0.5, 0.6) is 0 Å². The summed E-state index contributed by atoms with van der Waals surface area (Å²) in [6, 6.07) is 0. The molecule has 1 saturated carbocycles. The molecule has 0 bridgehead atoms. The van der Waals surface area contributed by atoms with Gasteiger partial charge in [-0.15, -0.1) is 0 Å². The van der Waals surface area contributed by atoms with Crippen LogP contribution >= 0.6 is 0 Å². The lowest BCUT2D eigenvalue weighted by atomic mass is 9.69. The van der Waals surface area contributed by atoms with E-state index in [0.717, 1.165) is 25.7 Å². The van der Waals surface area contributed by atoms with E-state index in [9.17, 15) is 4.79 Å². The molecule has 0 amide bonds. The first-order valence-electron chi connectivity index (χ1n) is 5.58. The molecule has 0 unspecified atom stereocenters. The maximum Gasteiger partial charge on any atom is 0.144 e. The highest BCUT2D eigenvalue weighted by atomic mass is 16.3. The third-order valence-electron chi connectivity index (χ3n) is 3.31. The standard InChI is InChI=1S/C12H22O2/c1-11(2,3)10(14)12(8-9-13)6-4-5-7-12/h13H,4-9H2,1-3H3. The molecule has 0 aromatic carbocycles. The lowest BCUT2D eigenvalue weighted by Crippen LogP contribution is -2.38. The molecule has 82 valence electrons. The smallest absolute Gasteiger partial charge is 0.144 e. The zero-order valence-corrected chi connectivity index (χ0v) is 9.60. The fourth-order valence-corrected chi connectivity index (χ4v) is 2.65. The lowest BCUT2D eigenvalue weighted by Gasteiger charge is -2.33. The Morgan fingerprint density at radius 3 is 2.14 bits per heavy atom. The Morgan fingerprint density at radius 1 is 1.29 bits per heavy atom. The number of carbonyl (C=O) groups is 1. The van der Waals surface area contributed by atoms with Crippen LogP contribution in [0, 0.1) is 10.8 Å². The normalized spacial score (nSPS) is 21.1. The summed E-state index contributed by atoms with van der Waals surface area (Å²) in [4.78, 5) is 12.3. The van der Waals surface area contributed by atoms with Crippen molar-refractivity contribution in [2.45, 2.75) is 52.9 Å². The summed E-state index contributed by atoms with van der Waals surface area (Å²) in [5, 5.41) is 9.05. The van der Waals surface area contributed by atoms with Gasteiger partial charge in [-0.05, 0) is 19.3 Å². The van der Waals surface area contributed by atoms with Crippen molar-refractivity contribution >= 4 is 5.78 Å². The lowest BCUT2D eigenvalue weighted by molar-refractivity contribution is -0.137. The Labute approximate surface area is 86.7 Å². The highest BCUT2D eigenvalue weighted by Gasteiger charge is 2.44. The van der Waals surface area contributed by atoms with Gasteiger partial charge in [0.05, 0.1) is 0 Å². The molecule has 1 aliphatic carbocycles. The van der Waals surface area contributed by atoms with Crippen LogP contribution in [-0.2, 0) is 4.79 Å². The van der Waals surface area contributed by atoms with E-state index in [-0.39, 0.29) is 17.4 Å². The van der Waals surface area contributed by atoms with Gasteiger partial charge in [0.1, 0.15) is 5.78 Å². The number of Topliss-reactive ketones (excluding diaryl/α,β-unsaturated/α-hetero) is 1. The fourth-order valence-electron chi connectivity index (χ4n) is 2.65. The van der Waals surface area contributed by atoms with Crippen LogP contribution in [0.15, 0.2) is 0 Å². The first-order chi connectivity index (χ1) is 6.42. The van der Waals surface area contributed by atoms with Crippen LogP contribution < -0.4 is 0 Å². The molecule has 2 nitrogen and oxygen atoms in total. The third kappa shape index (κ3) is 2.17. The summed E-state index contributed by atoms with van der Waals surface area (Å²) in [6.07, 6.45) is 4.89. The van der Waals surface area contributed by atoms with Crippen molar-refractivity contribution in [3.8, 4) is 0 Å². The van der Waals surface area contributed by atoms with E-state index in [1.54, 1.807) is 0 Å². The monoisotopic (exact) mass is 198 g/mol. The van der Waals surface area contributed by atoms with Gasteiger partial charge < -0.3 is 5.11 Å². The minimum atomic E-state index is -0.264. The van der Waals surface area contributed by atoms with E-state index in [2.05, 4.69) is 0 Å². The Kier molecular flexibility index (Phi) is 3.36. The molecule has 14 heavy (non-hydrogen) atoms. The number of rotatable bonds is 3. The second-order valence-electron chi connectivity index (χ2n) is 5.54. The molecule has 0 radical (unpaired) electrons. The van der Waals surface area contributed by atoms with E-state index in [1.807, 2.05) is 20.8 Å². The number of hydrogen-bond acceptors (Lipinski definition) is 2. The largest absolute Gasteiger partial charge is 0.396 e. The van der Waals surface area contributed by atoms with Gasteiger partial charge in [0.15, 0.2) is 0 Å². The summed E-state index contributed by atoms with van der Waals surface area (Å²) in [5.74, 6) is 0.344. The number of hydrogen-bond donors (Lipinski definition) is 1. The minimum Gasteiger partial charge on any atom is -0.396 e. The van der Waals surface area contributed by atoms with Crippen LogP contribution in [0.25, 0.3) is 0 Å². The van der Waals surface area contributed by atoms with Gasteiger partial charge in [-0.2, -0.15) is 0 Å². The van der Waals surface area contributed by atoms with Crippen LogP contribution in [-0.4, -0.2) is 17.5 Å². The summed E-state index contributed by atoms with van der Waals surface area (Å²) in [6.45, 7) is 6.08. The highest BCUT2D eigenvalue weighted by Crippen LogP contribution is 2.45. The van der Waals surface area contributed by atoms with Crippen molar-refractivity contribution in [3.05, 3.63) is 0 Å². The predicted molar refractivity (Wildman–Crippen MR) is 57.1 cm³/mol. The number of ketones is 1. The van der Waals surface area contributed by atoms with Gasteiger partial charge in [0.25, 0.3) is 0 Å². The zero-order valence-electron chi connectivity index (χ0n) is 9.60. The van der Waals surface area contributed by atoms with Crippen molar-refractivity contribution in [1.82, 2.24) is 0 Å². The molecule has 0 atom stereocenters. The zero-order chi connectivity index (χ0) is 10.8. The number of aliphatic hydroxyl groups excluding tert-OH is 1. The SMILES string of the molecule is CC(C)(C)C(=O)C1(CCO)CCCC1. The molecule has 1 rings (SSSR count). The molecular formula is C12H22O2. The number of aliphatic hydroxyl groups is 1. The van der Waals surface area contributed by atoms with Gasteiger partial charge in [0.2, 0.25) is 0 Å². The molecule has 0 heterocycles. The quantitative estimate of drug-likeness (QED) is 0.756. The molecule has 0 saturated heterocycles. The van der Waals surface area contributed by atoms with Gasteiger partial charge in [-0.3, -0.25) is 4.79 Å². The second-order valence-corrected chi connectivity index (χ2v) is 5.54. The maximum atomic E-state index is 12.3. The van der Waals surface area contributed by atoms with Crippen LogP contribution in [0.1, 0.15) is 52.9 Å². The maximum absolute atomic E-state index is 12.3. The van der Waals surface area contributed by atoms with E-state index in [1.165, 1.54) is 0 Å². The summed E-state index contributed by atoms with van der Waals surface area (Å²) in [7, 11) is 0. The molecule has 1 aliphatic rings. The molecule has 1 N–H and O–H groups in total. The van der Waals surface area contributed by atoms with Crippen LogP contribution in [0.3, 0.4) is 0 Å². The molecule has 2 heteroatoms. The Balaban J connectivity index is 2.82. The van der Waals surface area contributed by atoms with Crippen molar-refractivity contribution in [2.75, 3.05) is 6.61 Å². The average molecular weight is 198 g/mol. The Morgan fingerprint density at radius 2 is 1.79 bits per heavy atom. The molecular weight excluding hydrogens is 176 g/mol. The van der Waals surface area contributed by atoms with Crippen molar-refractivity contribution in [2.24, 2.45) is 10.8 Å². The summed E-state index contributed by atoms with van der Waals surface area (Å²) < 4.78 is 0. The number of carbonyl (C=O) groups excluding carboxylic acids is 1. The van der Waals surface area contributed by atoms with E-state index < -0.39 is 0 Å². The van der Waals surface area contributed by atoms with Gasteiger partial charge in [0, 0.05) is 17.4 Å². The van der Waals surface area contributed by atoms with Crippen LogP contribution in [0.4, 0.5) is 0 Å². The average Bonchev–Trinajstić information content (AvgIpc) is 2.52. The second kappa shape index (κ2) is 4.01. The Hall–Kier alpha value is -0.370. The van der Waals surface area contributed by atoms with Crippen molar-refractivity contribution in [1.29, 1.82) is 0 Å². The highest BCUT2D eigenvalue weighted by molar-refractivity contribution is 5.89. The summed E-state index contributed by atoms with van der Waals surface area (Å²) in [5.41, 5.74) is -0.466. The van der Waals surface area contributed by atoms with Gasteiger partial charge >= 0.3 is 0 Å². The molecule has 0 aliphatic heterocycles. The predicted octanol–water partition coefficient (Wildman–Crippen LogP) is 2.54. The van der Waals surface area contributed by atoms with Crippen molar-refractivity contribution in [3.63, 3.8) is 0 Å². The van der Waals surface area contributed by atoms with Crippen molar-refractivity contribution < 1.29 is 9.90 Å². The first kappa shape index (κ1) is 11.7. The van der Waals surface area contributed by atoms with E-state index in [0.29, 0.717) is 12.2 Å². The van der Waals surface area contributed by atoms with Crippen LogP contribution in [0.2, 0.25) is 0 Å². The first-order valence-corrected chi connectivity index (χ1v) is 5.58. The van der Waals surface area contributed by atoms with Gasteiger partial charge in [-0.1, -0.05) is 33.6 Å². The minimum absolute atomic E-state index is 0.141. The van der Waals surface area contributed by atoms with Gasteiger partial charge in [-0.25, -0.2) is 0 Å². The fraction of sp³-hybridized carbons (Fsp3) is 0.917. The molecule has 1 fully saturated rings. The Bertz CT molecular complexity index is 207. The molecule has 0 spiro atoms.